The maximum absolute atomic E-state index is 13.0. The number of hydrogen-bond donors (Lipinski definition) is 0. The number of benzene rings is 2. The maximum Gasteiger partial charge on any atom is 0.243 e. The molecule has 138 valence electrons. The van der Waals surface area contributed by atoms with Crippen molar-refractivity contribution >= 4 is 10.0 Å². The van der Waals surface area contributed by atoms with Crippen molar-refractivity contribution in [2.75, 3.05) is 19.6 Å². The summed E-state index contributed by atoms with van der Waals surface area (Å²) in [7, 11) is -3.40. The van der Waals surface area contributed by atoms with Crippen LogP contribution in [0.5, 0.6) is 0 Å². The molecule has 0 spiro atoms. The van der Waals surface area contributed by atoms with Crippen LogP contribution in [0.4, 0.5) is 0 Å². The van der Waals surface area contributed by atoms with Gasteiger partial charge in [-0.3, -0.25) is 4.90 Å². The summed E-state index contributed by atoms with van der Waals surface area (Å²) in [6.45, 7) is 7.12. The Balaban J connectivity index is 1.49. The largest absolute Gasteiger partial charge is 0.294 e. The molecule has 2 aromatic carbocycles. The minimum Gasteiger partial charge on any atom is -0.294 e. The van der Waals surface area contributed by atoms with Crippen LogP contribution in [0.25, 0.3) is 0 Å². The van der Waals surface area contributed by atoms with Gasteiger partial charge in [-0.05, 0) is 61.1 Å². The topological polar surface area (TPSA) is 40.6 Å². The van der Waals surface area contributed by atoms with Crippen LogP contribution in [0, 0.1) is 13.8 Å². The predicted molar refractivity (Wildman–Crippen MR) is 104 cm³/mol. The molecule has 2 aromatic rings. The number of rotatable bonds is 3. The summed E-state index contributed by atoms with van der Waals surface area (Å²) in [6, 6.07) is 14.3. The molecule has 4 rings (SSSR count). The smallest absolute Gasteiger partial charge is 0.243 e. The molecule has 1 fully saturated rings. The lowest BCUT2D eigenvalue weighted by Gasteiger charge is -2.33. The second-order valence-electron chi connectivity index (χ2n) is 7.54. The molecule has 0 radical (unpaired) electrons. The first-order valence-corrected chi connectivity index (χ1v) is 10.8. The highest BCUT2D eigenvalue weighted by Crippen LogP contribution is 2.28. The molecule has 0 aromatic heterocycles. The van der Waals surface area contributed by atoms with Gasteiger partial charge in [-0.2, -0.15) is 4.31 Å². The summed E-state index contributed by atoms with van der Waals surface area (Å²) in [5, 5.41) is 0. The van der Waals surface area contributed by atoms with Gasteiger partial charge < -0.3 is 0 Å². The molecule has 0 amide bonds. The minimum atomic E-state index is -3.40. The molecule has 1 atom stereocenters. The van der Waals surface area contributed by atoms with Gasteiger partial charge in [0, 0.05) is 32.2 Å². The Morgan fingerprint density at radius 3 is 2.50 bits per heavy atom. The monoisotopic (exact) mass is 370 g/mol. The van der Waals surface area contributed by atoms with Crippen molar-refractivity contribution in [3.05, 3.63) is 64.7 Å². The van der Waals surface area contributed by atoms with E-state index in [2.05, 4.69) is 29.2 Å². The van der Waals surface area contributed by atoms with E-state index in [-0.39, 0.29) is 0 Å². The molecule has 0 bridgehead atoms. The second kappa shape index (κ2) is 6.80. The normalized spacial score (nSPS) is 21.7. The molecule has 5 heteroatoms. The third kappa shape index (κ3) is 3.20. The zero-order valence-electron chi connectivity index (χ0n) is 15.5. The van der Waals surface area contributed by atoms with Crippen molar-refractivity contribution in [2.24, 2.45) is 0 Å². The highest BCUT2D eigenvalue weighted by molar-refractivity contribution is 7.89. The van der Waals surface area contributed by atoms with Gasteiger partial charge in [0.15, 0.2) is 0 Å². The molecular weight excluding hydrogens is 344 g/mol. The zero-order chi connectivity index (χ0) is 18.3. The molecule has 2 aliphatic heterocycles. The molecule has 1 saturated heterocycles. The van der Waals surface area contributed by atoms with Crippen LogP contribution in [-0.4, -0.2) is 43.3 Å². The second-order valence-corrected chi connectivity index (χ2v) is 9.48. The van der Waals surface area contributed by atoms with E-state index >= 15 is 0 Å². The standard InChI is InChI=1S/C21H26N2O2S/c1-16-7-8-21(13-17(16)2)26(24,25)23-12-10-20(15-23)22-11-9-18-5-3-4-6-19(18)14-22/h3-8,13,20H,9-12,14-15H2,1-2H3. The van der Waals surface area contributed by atoms with E-state index in [9.17, 15) is 8.42 Å². The van der Waals surface area contributed by atoms with Crippen molar-refractivity contribution < 1.29 is 8.42 Å². The Labute approximate surface area is 156 Å². The average molecular weight is 371 g/mol. The van der Waals surface area contributed by atoms with Gasteiger partial charge in [-0.1, -0.05) is 30.3 Å². The number of hydrogen-bond acceptors (Lipinski definition) is 3. The van der Waals surface area contributed by atoms with E-state index < -0.39 is 10.0 Å². The van der Waals surface area contributed by atoms with Crippen molar-refractivity contribution in [1.82, 2.24) is 9.21 Å². The first kappa shape index (κ1) is 17.7. The number of aryl methyl sites for hydroxylation is 2. The third-order valence-corrected chi connectivity index (χ3v) is 7.78. The van der Waals surface area contributed by atoms with Crippen molar-refractivity contribution in [2.45, 2.75) is 44.2 Å². The van der Waals surface area contributed by atoms with E-state index in [4.69, 9.17) is 0 Å². The van der Waals surface area contributed by atoms with E-state index in [1.807, 2.05) is 19.9 Å². The van der Waals surface area contributed by atoms with Crippen LogP contribution in [0.3, 0.4) is 0 Å². The Hall–Kier alpha value is -1.69. The van der Waals surface area contributed by atoms with Gasteiger partial charge in [-0.15, -0.1) is 0 Å². The van der Waals surface area contributed by atoms with E-state index in [0.717, 1.165) is 37.1 Å². The number of sulfonamides is 1. The first-order chi connectivity index (χ1) is 12.4. The van der Waals surface area contributed by atoms with Gasteiger partial charge in [-0.25, -0.2) is 8.42 Å². The van der Waals surface area contributed by atoms with Crippen LogP contribution >= 0.6 is 0 Å². The molecule has 0 N–H and O–H groups in total. The molecule has 0 aliphatic carbocycles. The summed E-state index contributed by atoms with van der Waals surface area (Å²) in [4.78, 5) is 2.88. The third-order valence-electron chi connectivity index (χ3n) is 5.92. The number of nitrogens with zero attached hydrogens (tertiary/aromatic N) is 2. The molecule has 2 aliphatic rings. The van der Waals surface area contributed by atoms with Gasteiger partial charge in [0.05, 0.1) is 4.90 Å². The predicted octanol–water partition coefficient (Wildman–Crippen LogP) is 3.12. The Morgan fingerprint density at radius 1 is 0.962 bits per heavy atom. The summed E-state index contributed by atoms with van der Waals surface area (Å²) >= 11 is 0. The van der Waals surface area contributed by atoms with Crippen LogP contribution in [-0.2, 0) is 23.0 Å². The Kier molecular flexibility index (Phi) is 4.63. The molecule has 26 heavy (non-hydrogen) atoms. The minimum absolute atomic E-state index is 0.310. The van der Waals surface area contributed by atoms with E-state index in [0.29, 0.717) is 24.0 Å². The average Bonchev–Trinajstić information content (AvgIpc) is 3.14. The maximum atomic E-state index is 13.0. The van der Waals surface area contributed by atoms with E-state index in [1.54, 1.807) is 16.4 Å². The summed E-state index contributed by atoms with van der Waals surface area (Å²) in [6.07, 6.45) is 1.96. The van der Waals surface area contributed by atoms with Crippen molar-refractivity contribution in [1.29, 1.82) is 0 Å². The van der Waals surface area contributed by atoms with Gasteiger partial charge in [0.1, 0.15) is 0 Å². The fourth-order valence-corrected chi connectivity index (χ4v) is 5.66. The molecule has 1 unspecified atom stereocenters. The Morgan fingerprint density at radius 2 is 1.73 bits per heavy atom. The van der Waals surface area contributed by atoms with Crippen LogP contribution < -0.4 is 0 Å². The van der Waals surface area contributed by atoms with Gasteiger partial charge in [0.2, 0.25) is 10.0 Å². The summed E-state index contributed by atoms with van der Waals surface area (Å²) < 4.78 is 27.7. The lowest BCUT2D eigenvalue weighted by atomic mass is 9.98. The summed E-state index contributed by atoms with van der Waals surface area (Å²) in [5.74, 6) is 0. The van der Waals surface area contributed by atoms with Crippen LogP contribution in [0.2, 0.25) is 0 Å². The lowest BCUT2D eigenvalue weighted by molar-refractivity contribution is 0.185. The Bertz CT molecular complexity index is 923. The molecule has 0 saturated carbocycles. The molecule has 4 nitrogen and oxygen atoms in total. The fraction of sp³-hybridized carbons (Fsp3) is 0.429. The highest BCUT2D eigenvalue weighted by atomic mass is 32.2. The lowest BCUT2D eigenvalue weighted by Crippen LogP contribution is -2.41. The van der Waals surface area contributed by atoms with Crippen molar-refractivity contribution in [3.63, 3.8) is 0 Å². The highest BCUT2D eigenvalue weighted by Gasteiger charge is 2.36. The van der Waals surface area contributed by atoms with Crippen molar-refractivity contribution in [3.8, 4) is 0 Å². The molecular formula is C21H26N2O2S. The SMILES string of the molecule is Cc1ccc(S(=O)(=O)N2CCC(N3CCc4ccccc4C3)C2)cc1C. The number of fused-ring (bicyclic) bond motifs is 1. The van der Waals surface area contributed by atoms with Gasteiger partial charge in [0.25, 0.3) is 0 Å². The molecule has 2 heterocycles. The van der Waals surface area contributed by atoms with E-state index in [1.165, 1.54) is 11.1 Å². The summed E-state index contributed by atoms with van der Waals surface area (Å²) in [5.41, 5.74) is 4.96. The zero-order valence-corrected chi connectivity index (χ0v) is 16.3. The fourth-order valence-electron chi connectivity index (χ4n) is 4.08. The van der Waals surface area contributed by atoms with Crippen LogP contribution in [0.15, 0.2) is 47.4 Å². The first-order valence-electron chi connectivity index (χ1n) is 9.33. The van der Waals surface area contributed by atoms with Gasteiger partial charge >= 0.3 is 0 Å². The van der Waals surface area contributed by atoms with Crippen LogP contribution in [0.1, 0.15) is 28.7 Å². The quantitative estimate of drug-likeness (QED) is 0.833.